The summed E-state index contributed by atoms with van der Waals surface area (Å²) in [5.74, 6) is -1.30. The maximum absolute atomic E-state index is 14.1. The Morgan fingerprint density at radius 1 is 0.962 bits per heavy atom. The minimum atomic E-state index is -0.747. The van der Waals surface area contributed by atoms with Gasteiger partial charge in [0.05, 0.1) is 42.7 Å². The molecule has 1 fully saturated rings. The highest BCUT2D eigenvalue weighted by Gasteiger charge is 2.43. The van der Waals surface area contributed by atoms with Crippen molar-refractivity contribution in [2.75, 3.05) is 41.4 Å². The topological polar surface area (TPSA) is 142 Å². The second kappa shape index (κ2) is 20.7. The van der Waals surface area contributed by atoms with Crippen LogP contribution in [0, 0.1) is 23.7 Å². The third-order valence-corrected chi connectivity index (χ3v) is 11.1. The van der Waals surface area contributed by atoms with Crippen LogP contribution in [0.1, 0.15) is 79.8 Å². The van der Waals surface area contributed by atoms with Crippen LogP contribution in [0.2, 0.25) is 0 Å². The quantitative estimate of drug-likeness (QED) is 0.184. The Kier molecular flexibility index (Phi) is 17.1. The first-order valence-corrected chi connectivity index (χ1v) is 19.4. The van der Waals surface area contributed by atoms with E-state index >= 15 is 0 Å². The molecule has 8 atom stereocenters. The van der Waals surface area contributed by atoms with Gasteiger partial charge in [0.1, 0.15) is 6.04 Å². The molecule has 0 saturated carbocycles. The molecule has 1 aliphatic rings. The molecule has 12 heteroatoms. The first-order chi connectivity index (χ1) is 25.2. The molecular weight excluding hydrogens is 672 g/mol. The summed E-state index contributed by atoms with van der Waals surface area (Å²) in [6.07, 6.45) is 3.68. The standard InChI is InChI=1S/C41H66N6O6/c1-12-27(6)37(46(9)41(51)36(26(4)5)45-40(50)35(42-8)25(2)3)33(52-10)23-34(48)47-21-15-18-32(47)38(53-11)28(7)39(49)43-20-19-31-22-29-16-13-14-17-30(29)24-44-31/h13-14,16-17,22,24-28,32-33,35-38,42H,12,15,18-21,23H2,1-11H3,(H,43,49)(H,45,50)/t27-,28+,32-,33+,35?,36-,37?,38+/m0/s1. The highest BCUT2D eigenvalue weighted by atomic mass is 16.5. The fourth-order valence-electron chi connectivity index (χ4n) is 7.79. The number of hydrogen-bond acceptors (Lipinski definition) is 8. The zero-order chi connectivity index (χ0) is 39.4. The molecule has 0 spiro atoms. The Labute approximate surface area is 317 Å². The zero-order valence-corrected chi connectivity index (χ0v) is 34.0. The number of amides is 4. The molecule has 2 heterocycles. The molecule has 1 saturated heterocycles. The third kappa shape index (κ3) is 11.2. The summed E-state index contributed by atoms with van der Waals surface area (Å²) in [6.45, 7) is 14.7. The molecule has 12 nitrogen and oxygen atoms in total. The number of nitrogens with zero attached hydrogens (tertiary/aromatic N) is 3. The van der Waals surface area contributed by atoms with Gasteiger partial charge in [-0.15, -0.1) is 0 Å². The average Bonchev–Trinajstić information content (AvgIpc) is 3.62. The van der Waals surface area contributed by atoms with Crippen LogP contribution in [0.5, 0.6) is 0 Å². The van der Waals surface area contributed by atoms with E-state index in [0.717, 1.165) is 29.3 Å². The molecule has 296 valence electrons. The van der Waals surface area contributed by atoms with Crippen molar-refractivity contribution in [2.24, 2.45) is 23.7 Å². The second-order valence-corrected chi connectivity index (χ2v) is 15.4. The number of likely N-dealkylation sites (N-methyl/N-ethyl adjacent to an activating group) is 2. The van der Waals surface area contributed by atoms with Gasteiger partial charge in [-0.05, 0) is 49.1 Å². The molecule has 2 aromatic rings. The Hall–Kier alpha value is -3.61. The molecule has 0 bridgehead atoms. The van der Waals surface area contributed by atoms with Crippen molar-refractivity contribution in [3.8, 4) is 0 Å². The molecule has 3 rings (SSSR count). The van der Waals surface area contributed by atoms with Crippen molar-refractivity contribution in [2.45, 2.75) is 117 Å². The molecule has 1 aromatic carbocycles. The molecule has 3 N–H and O–H groups in total. The largest absolute Gasteiger partial charge is 0.379 e. The molecule has 1 aliphatic heterocycles. The summed E-state index contributed by atoms with van der Waals surface area (Å²) in [5, 5.41) is 11.3. The van der Waals surface area contributed by atoms with Crippen LogP contribution >= 0.6 is 0 Å². The smallest absolute Gasteiger partial charge is 0.245 e. The van der Waals surface area contributed by atoms with Crippen LogP contribution < -0.4 is 16.0 Å². The molecule has 0 aliphatic carbocycles. The minimum absolute atomic E-state index is 0.000518. The Morgan fingerprint density at radius 3 is 2.21 bits per heavy atom. The van der Waals surface area contributed by atoms with E-state index in [9.17, 15) is 19.2 Å². The molecule has 53 heavy (non-hydrogen) atoms. The Bertz CT molecular complexity index is 1500. The SMILES string of the molecule is CC[C@H](C)C([C@@H](CC(=O)N1CCC[C@H]1[C@H](OC)[C@@H](C)C(=O)NCCc1cc2ccccc2cn1)OC)N(C)C(=O)[C@@H](NC(=O)C(NC)C(C)C)C(C)C. The minimum Gasteiger partial charge on any atom is -0.379 e. The molecule has 2 unspecified atom stereocenters. The van der Waals surface area contributed by atoms with E-state index in [2.05, 4.69) is 34.8 Å². The zero-order valence-electron chi connectivity index (χ0n) is 34.0. The van der Waals surface area contributed by atoms with Crippen LogP contribution in [0.4, 0.5) is 0 Å². The van der Waals surface area contributed by atoms with Crippen molar-refractivity contribution < 1.29 is 28.7 Å². The predicted octanol–water partition coefficient (Wildman–Crippen LogP) is 4.20. The maximum Gasteiger partial charge on any atom is 0.245 e. The highest BCUT2D eigenvalue weighted by molar-refractivity contribution is 5.90. The number of ether oxygens (including phenoxy) is 2. The van der Waals surface area contributed by atoms with E-state index in [0.29, 0.717) is 25.9 Å². The number of benzene rings is 1. The van der Waals surface area contributed by atoms with Crippen LogP contribution in [0.15, 0.2) is 36.5 Å². The molecule has 1 aromatic heterocycles. The summed E-state index contributed by atoms with van der Waals surface area (Å²) >= 11 is 0. The van der Waals surface area contributed by atoms with Gasteiger partial charge in [-0.1, -0.05) is 79.2 Å². The first-order valence-electron chi connectivity index (χ1n) is 19.4. The third-order valence-electron chi connectivity index (χ3n) is 11.1. The highest BCUT2D eigenvalue weighted by Crippen LogP contribution is 2.29. The van der Waals surface area contributed by atoms with Gasteiger partial charge >= 0.3 is 0 Å². The van der Waals surface area contributed by atoms with Gasteiger partial charge in [0.25, 0.3) is 0 Å². The van der Waals surface area contributed by atoms with Gasteiger partial charge in [-0.3, -0.25) is 24.2 Å². The Balaban J connectivity index is 1.70. The van der Waals surface area contributed by atoms with Gasteiger partial charge in [0, 0.05) is 58.1 Å². The van der Waals surface area contributed by atoms with Crippen molar-refractivity contribution in [1.82, 2.24) is 30.7 Å². The van der Waals surface area contributed by atoms with Crippen LogP contribution in [-0.2, 0) is 35.1 Å². The number of carbonyl (C=O) groups is 4. The number of likely N-dealkylation sites (tertiary alicyclic amines) is 1. The van der Waals surface area contributed by atoms with Gasteiger partial charge in [0.15, 0.2) is 0 Å². The van der Waals surface area contributed by atoms with Crippen molar-refractivity contribution in [3.63, 3.8) is 0 Å². The number of fused-ring (bicyclic) bond motifs is 1. The van der Waals surface area contributed by atoms with E-state index in [1.54, 1.807) is 33.2 Å². The van der Waals surface area contributed by atoms with Gasteiger partial charge < -0.3 is 35.2 Å². The van der Waals surface area contributed by atoms with Gasteiger partial charge in [0.2, 0.25) is 23.6 Å². The van der Waals surface area contributed by atoms with Gasteiger partial charge in [-0.2, -0.15) is 0 Å². The second-order valence-electron chi connectivity index (χ2n) is 15.4. The van der Waals surface area contributed by atoms with Crippen LogP contribution in [0.25, 0.3) is 10.8 Å². The molecular formula is C41H66N6O6. The van der Waals surface area contributed by atoms with Crippen LogP contribution in [-0.4, -0.2) is 116 Å². The number of rotatable bonds is 20. The number of nitrogens with one attached hydrogen (secondary N) is 3. The number of hydrogen-bond donors (Lipinski definition) is 3. The lowest BCUT2D eigenvalue weighted by atomic mass is 9.89. The van der Waals surface area contributed by atoms with E-state index in [4.69, 9.17) is 9.47 Å². The number of pyridine rings is 1. The normalized spacial score (nSPS) is 18.7. The van der Waals surface area contributed by atoms with Crippen molar-refractivity contribution >= 4 is 34.4 Å². The lowest BCUT2D eigenvalue weighted by Crippen LogP contribution is -2.59. The fraction of sp³-hybridized carbons (Fsp3) is 0.683. The van der Waals surface area contributed by atoms with E-state index in [1.165, 1.54) is 0 Å². The average molecular weight is 739 g/mol. The summed E-state index contributed by atoms with van der Waals surface area (Å²) in [6, 6.07) is 8.21. The Morgan fingerprint density at radius 2 is 1.62 bits per heavy atom. The summed E-state index contributed by atoms with van der Waals surface area (Å²) in [7, 11) is 6.65. The van der Waals surface area contributed by atoms with E-state index in [-0.39, 0.29) is 53.8 Å². The maximum atomic E-state index is 14.1. The van der Waals surface area contributed by atoms with Gasteiger partial charge in [-0.25, -0.2) is 0 Å². The van der Waals surface area contributed by atoms with E-state index in [1.807, 2.05) is 76.0 Å². The summed E-state index contributed by atoms with van der Waals surface area (Å²) in [5.41, 5.74) is 0.904. The molecule has 0 radical (unpaired) electrons. The lowest BCUT2D eigenvalue weighted by Gasteiger charge is -2.41. The number of carbonyl (C=O) groups excluding carboxylic acids is 4. The van der Waals surface area contributed by atoms with E-state index < -0.39 is 36.3 Å². The summed E-state index contributed by atoms with van der Waals surface area (Å²) in [4.78, 5) is 62.9. The lowest BCUT2D eigenvalue weighted by molar-refractivity contribution is -0.147. The van der Waals surface area contributed by atoms with Crippen LogP contribution in [0.3, 0.4) is 0 Å². The fourth-order valence-corrected chi connectivity index (χ4v) is 7.79. The number of methoxy groups -OCH3 is 2. The predicted molar refractivity (Wildman–Crippen MR) is 209 cm³/mol. The first kappa shape index (κ1) is 43.8. The molecule has 4 amide bonds. The summed E-state index contributed by atoms with van der Waals surface area (Å²) < 4.78 is 12.0. The van der Waals surface area contributed by atoms with Crippen molar-refractivity contribution in [3.05, 3.63) is 42.2 Å². The number of aromatic nitrogens is 1. The monoisotopic (exact) mass is 739 g/mol. The van der Waals surface area contributed by atoms with Crippen molar-refractivity contribution in [1.29, 1.82) is 0 Å².